The van der Waals surface area contributed by atoms with Crippen molar-refractivity contribution < 1.29 is 4.79 Å². The van der Waals surface area contributed by atoms with Crippen LogP contribution in [0.2, 0.25) is 0 Å². The number of carbonyl (C=O) groups excluding carboxylic acids is 1. The van der Waals surface area contributed by atoms with Gasteiger partial charge >= 0.3 is 0 Å². The van der Waals surface area contributed by atoms with Crippen molar-refractivity contribution in [3.8, 4) is 0 Å². The summed E-state index contributed by atoms with van der Waals surface area (Å²) in [5, 5.41) is 3.06. The smallest absolute Gasteiger partial charge is 0.227 e. The molecule has 3 N–H and O–H groups in total. The Morgan fingerprint density at radius 1 is 1.24 bits per heavy atom. The van der Waals surface area contributed by atoms with Crippen LogP contribution in [0.4, 0.5) is 0 Å². The fourth-order valence-corrected chi connectivity index (χ4v) is 2.27. The zero-order valence-electron chi connectivity index (χ0n) is 12.0. The molecule has 17 heavy (non-hydrogen) atoms. The van der Waals surface area contributed by atoms with Crippen molar-refractivity contribution in [3.05, 3.63) is 0 Å². The van der Waals surface area contributed by atoms with Crippen molar-refractivity contribution in [1.82, 2.24) is 5.32 Å². The lowest BCUT2D eigenvalue weighted by Gasteiger charge is -2.30. The van der Waals surface area contributed by atoms with E-state index in [1.54, 1.807) is 0 Å². The predicted octanol–water partition coefficient (Wildman–Crippen LogP) is 2.69. The van der Waals surface area contributed by atoms with Gasteiger partial charge in [-0.1, -0.05) is 40.5 Å². The topological polar surface area (TPSA) is 55.1 Å². The summed E-state index contributed by atoms with van der Waals surface area (Å²) in [7, 11) is 0. The molecule has 0 aliphatic heterocycles. The summed E-state index contributed by atoms with van der Waals surface area (Å²) in [5.41, 5.74) is 5.52. The quantitative estimate of drug-likeness (QED) is 0.653. The molecule has 3 nitrogen and oxygen atoms in total. The number of hydrogen-bond donors (Lipinski definition) is 2. The van der Waals surface area contributed by atoms with Gasteiger partial charge in [0.2, 0.25) is 5.91 Å². The number of rotatable bonds is 9. The number of carbonyl (C=O) groups is 1. The third-order valence-electron chi connectivity index (χ3n) is 3.34. The van der Waals surface area contributed by atoms with Gasteiger partial charge in [-0.25, -0.2) is 0 Å². The molecule has 0 aromatic heterocycles. The molecule has 1 amide bonds. The Balaban J connectivity index is 4.40. The number of nitrogens with two attached hydrogens (primary N) is 1. The molecule has 0 unspecified atom stereocenters. The molecule has 0 radical (unpaired) electrons. The van der Waals surface area contributed by atoms with E-state index in [2.05, 4.69) is 33.0 Å². The summed E-state index contributed by atoms with van der Waals surface area (Å²) < 4.78 is 0. The van der Waals surface area contributed by atoms with Gasteiger partial charge in [-0.15, -0.1) is 0 Å². The molecule has 0 saturated carbocycles. The van der Waals surface area contributed by atoms with Crippen molar-refractivity contribution in [3.63, 3.8) is 0 Å². The van der Waals surface area contributed by atoms with Gasteiger partial charge in [-0.2, -0.15) is 0 Å². The maximum Gasteiger partial charge on any atom is 0.227 e. The summed E-state index contributed by atoms with van der Waals surface area (Å²) in [6.45, 7) is 9.79. The Morgan fingerprint density at radius 2 is 1.76 bits per heavy atom. The molecule has 3 heteroatoms. The highest BCUT2D eigenvalue weighted by atomic mass is 16.2. The van der Waals surface area contributed by atoms with Crippen molar-refractivity contribution in [2.75, 3.05) is 13.1 Å². The van der Waals surface area contributed by atoms with E-state index in [0.29, 0.717) is 12.5 Å². The third-order valence-corrected chi connectivity index (χ3v) is 3.34. The van der Waals surface area contributed by atoms with E-state index >= 15 is 0 Å². The van der Waals surface area contributed by atoms with Crippen LogP contribution in [0, 0.1) is 11.3 Å². The van der Waals surface area contributed by atoms with Crippen LogP contribution in [0.15, 0.2) is 0 Å². The Bertz CT molecular complexity index is 208. The van der Waals surface area contributed by atoms with Crippen LogP contribution in [-0.4, -0.2) is 19.0 Å². The molecule has 0 atom stereocenters. The second-order valence-corrected chi connectivity index (χ2v) is 5.42. The van der Waals surface area contributed by atoms with Crippen molar-refractivity contribution in [2.24, 2.45) is 17.1 Å². The maximum atomic E-state index is 12.3. The van der Waals surface area contributed by atoms with Crippen LogP contribution < -0.4 is 11.1 Å². The van der Waals surface area contributed by atoms with Crippen molar-refractivity contribution in [2.45, 2.75) is 59.8 Å². The van der Waals surface area contributed by atoms with Crippen molar-refractivity contribution in [1.29, 1.82) is 0 Å². The lowest BCUT2D eigenvalue weighted by Crippen LogP contribution is -2.46. The minimum absolute atomic E-state index is 0.157. The number of hydrogen-bond acceptors (Lipinski definition) is 2. The van der Waals surface area contributed by atoms with E-state index in [9.17, 15) is 4.79 Å². The Labute approximate surface area is 107 Å². The van der Waals surface area contributed by atoms with E-state index in [4.69, 9.17) is 5.73 Å². The molecule has 0 rings (SSSR count). The van der Waals surface area contributed by atoms with E-state index in [1.165, 1.54) is 0 Å². The first kappa shape index (κ1) is 16.4. The second kappa shape index (κ2) is 8.51. The van der Waals surface area contributed by atoms with Crippen LogP contribution in [0.1, 0.15) is 59.8 Å². The van der Waals surface area contributed by atoms with E-state index in [-0.39, 0.29) is 11.3 Å². The van der Waals surface area contributed by atoms with Gasteiger partial charge in [0.25, 0.3) is 0 Å². The summed E-state index contributed by atoms with van der Waals surface area (Å²) in [5.74, 6) is 0.782. The summed E-state index contributed by atoms with van der Waals surface area (Å²) in [6, 6.07) is 0. The Hall–Kier alpha value is -0.570. The Kier molecular flexibility index (Phi) is 8.23. The average molecular weight is 242 g/mol. The SMILES string of the molecule is CCCC(CN)(CCC)C(=O)NCCC(C)C. The minimum Gasteiger partial charge on any atom is -0.356 e. The van der Waals surface area contributed by atoms with Crippen LogP contribution in [0.3, 0.4) is 0 Å². The first-order valence-electron chi connectivity index (χ1n) is 7.00. The monoisotopic (exact) mass is 242 g/mol. The normalized spacial score (nSPS) is 11.9. The Morgan fingerprint density at radius 3 is 2.12 bits per heavy atom. The van der Waals surface area contributed by atoms with Crippen molar-refractivity contribution >= 4 is 5.91 Å². The highest BCUT2D eigenvalue weighted by molar-refractivity contribution is 5.82. The van der Waals surface area contributed by atoms with Gasteiger partial charge in [-0.05, 0) is 25.2 Å². The van der Waals surface area contributed by atoms with Crippen LogP contribution in [0.5, 0.6) is 0 Å². The molecular formula is C14H30N2O. The van der Waals surface area contributed by atoms with E-state index in [1.807, 2.05) is 0 Å². The second-order valence-electron chi connectivity index (χ2n) is 5.42. The maximum absolute atomic E-state index is 12.3. The van der Waals surface area contributed by atoms with E-state index < -0.39 is 0 Å². The van der Waals surface area contributed by atoms with Gasteiger partial charge in [0.05, 0.1) is 5.41 Å². The molecule has 0 saturated heterocycles. The first-order chi connectivity index (χ1) is 8.02. The number of nitrogens with one attached hydrogen (secondary N) is 1. The lowest BCUT2D eigenvalue weighted by atomic mass is 9.78. The molecule has 0 bridgehead atoms. The third kappa shape index (κ3) is 5.53. The predicted molar refractivity (Wildman–Crippen MR) is 73.8 cm³/mol. The molecule has 0 aliphatic rings. The molecule has 0 aromatic rings. The molecule has 0 fully saturated rings. The fourth-order valence-electron chi connectivity index (χ4n) is 2.27. The first-order valence-corrected chi connectivity index (χ1v) is 7.00. The molecule has 0 aliphatic carbocycles. The standard InChI is InChI=1S/C14H30N2O/c1-5-8-14(11-15,9-6-2)13(17)16-10-7-12(3)4/h12H,5-11,15H2,1-4H3,(H,16,17). The summed E-state index contributed by atoms with van der Waals surface area (Å²) in [4.78, 5) is 12.3. The minimum atomic E-state index is -0.333. The highest BCUT2D eigenvalue weighted by Crippen LogP contribution is 2.29. The van der Waals surface area contributed by atoms with Crippen LogP contribution >= 0.6 is 0 Å². The lowest BCUT2D eigenvalue weighted by molar-refractivity contribution is -0.131. The zero-order chi connectivity index (χ0) is 13.3. The van der Waals surface area contributed by atoms with Gasteiger partial charge < -0.3 is 11.1 Å². The largest absolute Gasteiger partial charge is 0.356 e. The number of amides is 1. The van der Waals surface area contributed by atoms with E-state index in [0.717, 1.165) is 38.6 Å². The van der Waals surface area contributed by atoms with Crippen LogP contribution in [0.25, 0.3) is 0 Å². The van der Waals surface area contributed by atoms with Gasteiger partial charge in [0, 0.05) is 13.1 Å². The highest BCUT2D eigenvalue weighted by Gasteiger charge is 2.34. The van der Waals surface area contributed by atoms with Gasteiger partial charge in [-0.3, -0.25) is 4.79 Å². The zero-order valence-corrected chi connectivity index (χ0v) is 12.0. The van der Waals surface area contributed by atoms with Gasteiger partial charge in [0.15, 0.2) is 0 Å². The average Bonchev–Trinajstić information content (AvgIpc) is 2.27. The fraction of sp³-hybridized carbons (Fsp3) is 0.929. The molecule has 0 spiro atoms. The molecular weight excluding hydrogens is 212 g/mol. The summed E-state index contributed by atoms with van der Waals surface area (Å²) >= 11 is 0. The van der Waals surface area contributed by atoms with Crippen LogP contribution in [-0.2, 0) is 4.79 Å². The summed E-state index contributed by atoms with van der Waals surface area (Å²) in [6.07, 6.45) is 4.84. The molecule has 0 aromatic carbocycles. The van der Waals surface area contributed by atoms with Gasteiger partial charge in [0.1, 0.15) is 0 Å². The molecule has 0 heterocycles. The molecule has 102 valence electrons.